The van der Waals surface area contributed by atoms with Crippen molar-refractivity contribution in [3.8, 4) is 5.75 Å². The van der Waals surface area contributed by atoms with Crippen LogP contribution in [0, 0.1) is 0 Å². The zero-order valence-electron chi connectivity index (χ0n) is 16.2. The maximum Gasteiger partial charge on any atom is 0.253 e. The molecule has 30 heavy (non-hydrogen) atoms. The molecule has 6 heteroatoms. The van der Waals surface area contributed by atoms with Crippen molar-refractivity contribution in [2.24, 2.45) is 0 Å². The highest BCUT2D eigenvalue weighted by Crippen LogP contribution is 2.20. The molecular formula is C24H21N3O3. The minimum Gasteiger partial charge on any atom is -0.489 e. The van der Waals surface area contributed by atoms with Crippen molar-refractivity contribution in [3.63, 3.8) is 0 Å². The number of hydrogen-bond acceptors (Lipinski definition) is 5. The van der Waals surface area contributed by atoms with Crippen LogP contribution in [0.4, 0.5) is 11.5 Å². The number of pyridine rings is 1. The summed E-state index contributed by atoms with van der Waals surface area (Å²) in [5, 5.41) is 6.01. The first-order chi connectivity index (χ1) is 14.8. The molecule has 150 valence electrons. The van der Waals surface area contributed by atoms with Gasteiger partial charge in [-0.3, -0.25) is 4.79 Å². The third kappa shape index (κ3) is 5.26. The van der Waals surface area contributed by atoms with Crippen LogP contribution in [-0.4, -0.2) is 10.9 Å². The van der Waals surface area contributed by atoms with Crippen LogP contribution in [0.2, 0.25) is 0 Å². The minimum atomic E-state index is -0.203. The summed E-state index contributed by atoms with van der Waals surface area (Å²) in [5.74, 6) is 1.94. The summed E-state index contributed by atoms with van der Waals surface area (Å²) in [6, 6.07) is 24.8. The summed E-state index contributed by atoms with van der Waals surface area (Å²) in [5.41, 5.74) is 2.48. The Balaban J connectivity index is 1.29. The van der Waals surface area contributed by atoms with Crippen LogP contribution in [0.25, 0.3) is 0 Å². The molecule has 2 N–H and O–H groups in total. The summed E-state index contributed by atoms with van der Waals surface area (Å²) < 4.78 is 11.0. The van der Waals surface area contributed by atoms with Gasteiger partial charge in [-0.05, 0) is 54.1 Å². The molecule has 4 aromatic rings. The molecule has 6 nitrogen and oxygen atoms in total. The Morgan fingerprint density at radius 1 is 0.933 bits per heavy atom. The van der Waals surface area contributed by atoms with Gasteiger partial charge in [-0.25, -0.2) is 4.98 Å². The molecule has 0 spiro atoms. The number of rotatable bonds is 8. The lowest BCUT2D eigenvalue weighted by Crippen LogP contribution is -2.22. The molecule has 0 bridgehead atoms. The second kappa shape index (κ2) is 9.43. The third-order valence-electron chi connectivity index (χ3n) is 4.40. The average Bonchev–Trinajstić information content (AvgIpc) is 3.32. The van der Waals surface area contributed by atoms with Gasteiger partial charge in [0.05, 0.1) is 18.4 Å². The Labute approximate surface area is 174 Å². The smallest absolute Gasteiger partial charge is 0.253 e. The van der Waals surface area contributed by atoms with Crippen LogP contribution in [0.3, 0.4) is 0 Å². The fourth-order valence-electron chi connectivity index (χ4n) is 2.81. The Morgan fingerprint density at radius 3 is 2.47 bits per heavy atom. The van der Waals surface area contributed by atoms with Crippen molar-refractivity contribution in [2.45, 2.75) is 13.2 Å². The lowest BCUT2D eigenvalue weighted by atomic mass is 10.2. The summed E-state index contributed by atoms with van der Waals surface area (Å²) in [7, 11) is 0. The number of benzene rings is 2. The van der Waals surface area contributed by atoms with Gasteiger partial charge in [-0.2, -0.15) is 0 Å². The molecule has 0 atom stereocenters. The monoisotopic (exact) mass is 399 g/mol. The number of carbonyl (C=O) groups excluding carboxylic acids is 1. The van der Waals surface area contributed by atoms with Crippen molar-refractivity contribution < 1.29 is 13.9 Å². The Bertz CT molecular complexity index is 1060. The minimum absolute atomic E-state index is 0.203. The standard InChI is InChI=1S/C24H21N3O3/c28-24(26-16-22-7-4-14-29-22)19-8-13-23(25-15-19)27-20-9-11-21(12-10-20)30-17-18-5-2-1-3-6-18/h1-15H,16-17H2,(H,25,27)(H,26,28). The van der Waals surface area contributed by atoms with E-state index in [0.29, 0.717) is 30.3 Å². The number of nitrogens with one attached hydrogen (secondary N) is 2. The van der Waals surface area contributed by atoms with Crippen molar-refractivity contribution in [1.82, 2.24) is 10.3 Å². The van der Waals surface area contributed by atoms with Gasteiger partial charge in [0.1, 0.15) is 23.9 Å². The fraction of sp³-hybridized carbons (Fsp3) is 0.0833. The summed E-state index contributed by atoms with van der Waals surface area (Å²) in [4.78, 5) is 16.5. The number of anilines is 2. The predicted molar refractivity (Wildman–Crippen MR) is 115 cm³/mol. The summed E-state index contributed by atoms with van der Waals surface area (Å²) in [6.45, 7) is 0.864. The highest BCUT2D eigenvalue weighted by molar-refractivity contribution is 5.94. The van der Waals surface area contributed by atoms with Gasteiger partial charge in [-0.1, -0.05) is 30.3 Å². The first kappa shape index (κ1) is 19.3. The SMILES string of the molecule is O=C(NCc1ccco1)c1ccc(Nc2ccc(OCc3ccccc3)cc2)nc1. The van der Waals surface area contributed by atoms with E-state index in [9.17, 15) is 4.79 Å². The number of hydrogen-bond donors (Lipinski definition) is 2. The maximum atomic E-state index is 12.2. The second-order valence-electron chi connectivity index (χ2n) is 6.62. The zero-order valence-corrected chi connectivity index (χ0v) is 16.2. The number of carbonyl (C=O) groups is 1. The first-order valence-corrected chi connectivity index (χ1v) is 9.57. The highest BCUT2D eigenvalue weighted by atomic mass is 16.5. The number of nitrogens with zero attached hydrogens (tertiary/aromatic N) is 1. The molecule has 0 fully saturated rings. The molecule has 0 unspecified atom stereocenters. The van der Waals surface area contributed by atoms with Gasteiger partial charge in [0.2, 0.25) is 0 Å². The molecule has 2 aromatic heterocycles. The highest BCUT2D eigenvalue weighted by Gasteiger charge is 2.07. The second-order valence-corrected chi connectivity index (χ2v) is 6.62. The van der Waals surface area contributed by atoms with E-state index in [-0.39, 0.29) is 5.91 Å². The van der Waals surface area contributed by atoms with E-state index < -0.39 is 0 Å². The number of furan rings is 1. The molecule has 2 heterocycles. The summed E-state index contributed by atoms with van der Waals surface area (Å²) in [6.07, 6.45) is 3.11. The van der Waals surface area contributed by atoms with Crippen LogP contribution in [0.1, 0.15) is 21.7 Å². The number of amides is 1. The molecule has 0 radical (unpaired) electrons. The normalized spacial score (nSPS) is 10.4. The van der Waals surface area contributed by atoms with Crippen molar-refractivity contribution in [1.29, 1.82) is 0 Å². The Morgan fingerprint density at radius 2 is 1.77 bits per heavy atom. The van der Waals surface area contributed by atoms with Crippen LogP contribution in [0.15, 0.2) is 95.7 Å². The molecule has 1 amide bonds. The Kier molecular flexibility index (Phi) is 6.05. The topological polar surface area (TPSA) is 76.4 Å². The van der Waals surface area contributed by atoms with E-state index in [1.165, 1.54) is 6.20 Å². The van der Waals surface area contributed by atoms with Gasteiger partial charge in [0.25, 0.3) is 5.91 Å². The van der Waals surface area contributed by atoms with Gasteiger partial charge in [-0.15, -0.1) is 0 Å². The van der Waals surface area contributed by atoms with Gasteiger partial charge in [0.15, 0.2) is 0 Å². The third-order valence-corrected chi connectivity index (χ3v) is 4.40. The lowest BCUT2D eigenvalue weighted by Gasteiger charge is -2.09. The fourth-order valence-corrected chi connectivity index (χ4v) is 2.81. The van der Waals surface area contributed by atoms with E-state index in [4.69, 9.17) is 9.15 Å². The molecular weight excluding hydrogens is 378 g/mol. The number of aromatic nitrogens is 1. The summed E-state index contributed by atoms with van der Waals surface area (Å²) >= 11 is 0. The van der Waals surface area contributed by atoms with E-state index in [0.717, 1.165) is 17.0 Å². The molecule has 0 aliphatic carbocycles. The first-order valence-electron chi connectivity index (χ1n) is 9.57. The van der Waals surface area contributed by atoms with Crippen molar-refractivity contribution in [2.75, 3.05) is 5.32 Å². The van der Waals surface area contributed by atoms with Gasteiger partial charge in [0, 0.05) is 11.9 Å². The van der Waals surface area contributed by atoms with Crippen molar-refractivity contribution in [3.05, 3.63) is 108 Å². The van der Waals surface area contributed by atoms with Crippen molar-refractivity contribution >= 4 is 17.4 Å². The average molecular weight is 399 g/mol. The maximum absolute atomic E-state index is 12.2. The van der Waals surface area contributed by atoms with E-state index >= 15 is 0 Å². The lowest BCUT2D eigenvalue weighted by molar-refractivity contribution is 0.0947. The molecule has 0 saturated heterocycles. The molecule has 4 rings (SSSR count). The van der Waals surface area contributed by atoms with Crippen LogP contribution < -0.4 is 15.4 Å². The zero-order chi connectivity index (χ0) is 20.6. The van der Waals surface area contributed by atoms with E-state index in [1.807, 2.05) is 60.7 Å². The van der Waals surface area contributed by atoms with E-state index in [1.54, 1.807) is 24.5 Å². The number of ether oxygens (including phenoxy) is 1. The van der Waals surface area contributed by atoms with Crippen LogP contribution in [-0.2, 0) is 13.2 Å². The van der Waals surface area contributed by atoms with Crippen LogP contribution in [0.5, 0.6) is 5.75 Å². The molecule has 0 saturated carbocycles. The van der Waals surface area contributed by atoms with Crippen LogP contribution >= 0.6 is 0 Å². The van der Waals surface area contributed by atoms with Gasteiger partial charge >= 0.3 is 0 Å². The van der Waals surface area contributed by atoms with E-state index in [2.05, 4.69) is 15.6 Å². The molecule has 0 aliphatic heterocycles. The largest absolute Gasteiger partial charge is 0.489 e. The Hall–Kier alpha value is -4.06. The van der Waals surface area contributed by atoms with Gasteiger partial charge < -0.3 is 19.8 Å². The molecule has 2 aromatic carbocycles. The predicted octanol–water partition coefficient (Wildman–Crippen LogP) is 4.93. The molecule has 0 aliphatic rings. The quantitative estimate of drug-likeness (QED) is 0.439.